The third kappa shape index (κ3) is 3.71. The van der Waals surface area contributed by atoms with E-state index in [9.17, 15) is 14.7 Å². The third-order valence-electron chi connectivity index (χ3n) is 6.03. The Morgan fingerprint density at radius 2 is 2.00 bits per heavy atom. The zero-order valence-corrected chi connectivity index (χ0v) is 15.3. The first-order valence-electron chi connectivity index (χ1n) is 9.13. The lowest BCUT2D eigenvalue weighted by molar-refractivity contribution is -0.177. The standard InChI is InChI=1S/C19H23ClN2O4/c20-14-1-2-15(21-9-14)22-16(23)10-26-17(24)8-18-4-12-3-13(5-18)7-19(25,6-12)11-18/h1-2,9,12-13,25H,3-8,10-11H2,(H,21,22,23). The number of aliphatic hydroxyl groups is 1. The molecule has 1 aromatic rings. The van der Waals surface area contributed by atoms with Crippen LogP contribution in [0.25, 0.3) is 0 Å². The van der Waals surface area contributed by atoms with Crippen LogP contribution in [0.2, 0.25) is 5.02 Å². The van der Waals surface area contributed by atoms with Crippen molar-refractivity contribution in [1.29, 1.82) is 0 Å². The number of amides is 1. The number of ether oxygens (including phenoxy) is 1. The molecule has 0 aromatic carbocycles. The van der Waals surface area contributed by atoms with Crippen molar-refractivity contribution in [3.63, 3.8) is 0 Å². The van der Waals surface area contributed by atoms with Crippen LogP contribution in [0.3, 0.4) is 0 Å². The average molecular weight is 379 g/mol. The van der Waals surface area contributed by atoms with E-state index in [0.717, 1.165) is 25.7 Å². The molecule has 0 saturated heterocycles. The summed E-state index contributed by atoms with van der Waals surface area (Å²) in [6.07, 6.45) is 7.30. The fraction of sp³-hybridized carbons (Fsp3) is 0.632. The molecule has 0 radical (unpaired) electrons. The molecule has 26 heavy (non-hydrogen) atoms. The van der Waals surface area contributed by atoms with Gasteiger partial charge in [-0.05, 0) is 67.9 Å². The van der Waals surface area contributed by atoms with Crippen LogP contribution in [0.1, 0.15) is 44.9 Å². The number of nitrogens with zero attached hydrogens (tertiary/aromatic N) is 1. The highest BCUT2D eigenvalue weighted by Crippen LogP contribution is 2.62. The van der Waals surface area contributed by atoms with Crippen LogP contribution in [-0.2, 0) is 14.3 Å². The Hall–Kier alpha value is -1.66. The molecular weight excluding hydrogens is 356 g/mol. The summed E-state index contributed by atoms with van der Waals surface area (Å²) < 4.78 is 5.19. The number of esters is 1. The Morgan fingerprint density at radius 3 is 2.62 bits per heavy atom. The van der Waals surface area contributed by atoms with E-state index >= 15 is 0 Å². The fourth-order valence-corrected chi connectivity index (χ4v) is 5.85. The van der Waals surface area contributed by atoms with Gasteiger partial charge < -0.3 is 15.2 Å². The molecule has 4 fully saturated rings. The van der Waals surface area contributed by atoms with Gasteiger partial charge in [-0.25, -0.2) is 4.98 Å². The van der Waals surface area contributed by atoms with Crippen LogP contribution in [0.5, 0.6) is 0 Å². The zero-order chi connectivity index (χ0) is 18.4. The van der Waals surface area contributed by atoms with Crippen molar-refractivity contribution >= 4 is 29.3 Å². The number of nitrogens with one attached hydrogen (secondary N) is 1. The molecule has 0 spiro atoms. The van der Waals surface area contributed by atoms with E-state index in [0.29, 0.717) is 29.1 Å². The summed E-state index contributed by atoms with van der Waals surface area (Å²) in [5.74, 6) is 0.604. The minimum absolute atomic E-state index is 0.149. The first kappa shape index (κ1) is 17.7. The highest BCUT2D eigenvalue weighted by Gasteiger charge is 2.57. The van der Waals surface area contributed by atoms with Crippen molar-refractivity contribution in [2.24, 2.45) is 17.3 Å². The number of hydrogen-bond acceptors (Lipinski definition) is 5. The average Bonchev–Trinajstić information content (AvgIpc) is 2.52. The maximum Gasteiger partial charge on any atom is 0.306 e. The molecule has 1 heterocycles. The smallest absolute Gasteiger partial charge is 0.306 e. The van der Waals surface area contributed by atoms with Gasteiger partial charge in [0.2, 0.25) is 0 Å². The maximum absolute atomic E-state index is 12.3. The topological polar surface area (TPSA) is 88.5 Å². The molecule has 2 atom stereocenters. The minimum Gasteiger partial charge on any atom is -0.456 e. The predicted molar refractivity (Wildman–Crippen MR) is 95.5 cm³/mol. The first-order chi connectivity index (χ1) is 12.3. The number of carbonyl (C=O) groups excluding carboxylic acids is 2. The van der Waals surface area contributed by atoms with Gasteiger partial charge in [0.25, 0.3) is 5.91 Å². The SMILES string of the molecule is O=C(COC(=O)CC12CC3CC(CC(O)(C3)C1)C2)Nc1ccc(Cl)cn1. The van der Waals surface area contributed by atoms with Gasteiger partial charge >= 0.3 is 5.97 Å². The normalized spacial score (nSPS) is 34.5. The first-order valence-corrected chi connectivity index (χ1v) is 9.50. The summed E-state index contributed by atoms with van der Waals surface area (Å²) in [5.41, 5.74) is -0.744. The molecule has 1 amide bonds. The van der Waals surface area contributed by atoms with Gasteiger partial charge in [0, 0.05) is 6.20 Å². The molecule has 7 heteroatoms. The molecule has 140 valence electrons. The molecule has 6 nitrogen and oxygen atoms in total. The minimum atomic E-state index is -0.595. The quantitative estimate of drug-likeness (QED) is 0.769. The van der Waals surface area contributed by atoms with Crippen LogP contribution >= 0.6 is 11.6 Å². The Kier molecular flexibility index (Phi) is 4.43. The molecule has 2 N–H and O–H groups in total. The number of pyridine rings is 1. The van der Waals surface area contributed by atoms with E-state index in [1.165, 1.54) is 12.6 Å². The molecule has 4 saturated carbocycles. The molecule has 0 aliphatic heterocycles. The van der Waals surface area contributed by atoms with Gasteiger partial charge in [-0.1, -0.05) is 11.6 Å². The monoisotopic (exact) mass is 378 g/mol. The van der Waals surface area contributed by atoms with E-state index in [1.54, 1.807) is 12.1 Å². The van der Waals surface area contributed by atoms with Gasteiger partial charge in [0.15, 0.2) is 6.61 Å². The van der Waals surface area contributed by atoms with Gasteiger partial charge in [-0.15, -0.1) is 0 Å². The summed E-state index contributed by atoms with van der Waals surface area (Å²) in [6, 6.07) is 3.20. The Labute approximate surface area is 157 Å². The van der Waals surface area contributed by atoms with Crippen LogP contribution < -0.4 is 5.32 Å². The summed E-state index contributed by atoms with van der Waals surface area (Å²) in [5, 5.41) is 13.8. The molecule has 4 aliphatic rings. The lowest BCUT2D eigenvalue weighted by atomic mass is 9.47. The maximum atomic E-state index is 12.3. The van der Waals surface area contributed by atoms with Gasteiger partial charge in [0.05, 0.1) is 17.0 Å². The highest BCUT2D eigenvalue weighted by molar-refractivity contribution is 6.30. The second-order valence-corrected chi connectivity index (χ2v) is 8.87. The van der Waals surface area contributed by atoms with Crippen LogP contribution in [0.4, 0.5) is 5.82 Å². The second-order valence-electron chi connectivity index (χ2n) is 8.43. The summed E-state index contributed by atoms with van der Waals surface area (Å²) in [7, 11) is 0. The molecule has 4 aliphatic carbocycles. The van der Waals surface area contributed by atoms with Crippen molar-refractivity contribution in [3.05, 3.63) is 23.4 Å². The second kappa shape index (κ2) is 6.50. The van der Waals surface area contributed by atoms with Crippen molar-refractivity contribution in [1.82, 2.24) is 4.98 Å². The number of halogens is 1. The van der Waals surface area contributed by atoms with Crippen molar-refractivity contribution in [2.45, 2.75) is 50.5 Å². The summed E-state index contributed by atoms with van der Waals surface area (Å²) >= 11 is 5.75. The Morgan fingerprint density at radius 1 is 1.27 bits per heavy atom. The largest absolute Gasteiger partial charge is 0.456 e. The molecular formula is C19H23ClN2O4. The lowest BCUT2D eigenvalue weighted by Gasteiger charge is -2.60. The van der Waals surface area contributed by atoms with Gasteiger partial charge in [0.1, 0.15) is 5.82 Å². The molecule has 1 aromatic heterocycles. The summed E-state index contributed by atoms with van der Waals surface area (Å²) in [6.45, 7) is -0.337. The number of carbonyl (C=O) groups is 2. The number of aromatic nitrogens is 1. The third-order valence-corrected chi connectivity index (χ3v) is 6.25. The number of hydrogen-bond donors (Lipinski definition) is 2. The van der Waals surface area contributed by atoms with E-state index in [-0.39, 0.29) is 24.4 Å². The number of rotatable bonds is 5. The highest BCUT2D eigenvalue weighted by atomic mass is 35.5. The van der Waals surface area contributed by atoms with Crippen LogP contribution in [0.15, 0.2) is 18.3 Å². The van der Waals surface area contributed by atoms with E-state index < -0.39 is 11.5 Å². The number of anilines is 1. The Balaban J connectivity index is 1.29. The summed E-state index contributed by atoms with van der Waals surface area (Å²) in [4.78, 5) is 28.2. The molecule has 2 unspecified atom stereocenters. The van der Waals surface area contributed by atoms with Gasteiger partial charge in [-0.3, -0.25) is 9.59 Å². The Bertz CT molecular complexity index is 707. The molecule has 4 bridgehead atoms. The van der Waals surface area contributed by atoms with E-state index in [1.807, 2.05) is 0 Å². The van der Waals surface area contributed by atoms with Crippen molar-refractivity contribution in [2.75, 3.05) is 11.9 Å². The van der Waals surface area contributed by atoms with Crippen molar-refractivity contribution < 1.29 is 19.4 Å². The van der Waals surface area contributed by atoms with Gasteiger partial charge in [-0.2, -0.15) is 0 Å². The fourth-order valence-electron chi connectivity index (χ4n) is 5.74. The van der Waals surface area contributed by atoms with E-state index in [4.69, 9.17) is 16.3 Å². The van der Waals surface area contributed by atoms with Crippen molar-refractivity contribution in [3.8, 4) is 0 Å². The van der Waals surface area contributed by atoms with E-state index in [2.05, 4.69) is 10.3 Å². The predicted octanol–water partition coefficient (Wildman–Crippen LogP) is 2.94. The molecule has 5 rings (SSSR count). The van der Waals surface area contributed by atoms with Crippen LogP contribution in [-0.4, -0.2) is 34.2 Å². The zero-order valence-electron chi connectivity index (χ0n) is 14.5. The van der Waals surface area contributed by atoms with Crippen LogP contribution in [0, 0.1) is 17.3 Å². The lowest BCUT2D eigenvalue weighted by Crippen LogP contribution is -2.56.